The number of hydrogen-bond acceptors (Lipinski definition) is 5. The van der Waals surface area contributed by atoms with E-state index >= 15 is 0 Å². The Hall–Kier alpha value is -4.38. The van der Waals surface area contributed by atoms with Gasteiger partial charge in [0.2, 0.25) is 0 Å². The van der Waals surface area contributed by atoms with Crippen molar-refractivity contribution in [2.75, 3.05) is 0 Å². The Kier molecular flexibility index (Phi) is 6.34. The van der Waals surface area contributed by atoms with Crippen LogP contribution in [0.15, 0.2) is 103 Å². The quantitative estimate of drug-likeness (QED) is 0.259. The van der Waals surface area contributed by atoms with Gasteiger partial charge in [-0.1, -0.05) is 42.5 Å². The summed E-state index contributed by atoms with van der Waals surface area (Å²) in [6.07, 6.45) is 1.76. The topological polar surface area (TPSA) is 53.5 Å². The normalized spacial score (nSPS) is 10.7. The van der Waals surface area contributed by atoms with E-state index in [0.29, 0.717) is 19.0 Å². The van der Waals surface area contributed by atoms with Crippen LogP contribution < -0.4 is 14.2 Å². The van der Waals surface area contributed by atoms with Crippen molar-refractivity contribution in [3.8, 4) is 23.0 Å². The number of aromatic nitrogens is 2. The first-order valence-electron chi connectivity index (χ1n) is 11.1. The summed E-state index contributed by atoms with van der Waals surface area (Å²) in [5.41, 5.74) is 3.51. The predicted molar refractivity (Wildman–Crippen MR) is 132 cm³/mol. The lowest BCUT2D eigenvalue weighted by Gasteiger charge is -2.14. The smallest absolute Gasteiger partial charge is 0.146 e. The Balaban J connectivity index is 1.34. The molecule has 3 aromatic carbocycles. The van der Waals surface area contributed by atoms with Gasteiger partial charge in [0.15, 0.2) is 0 Å². The highest BCUT2D eigenvalue weighted by Gasteiger charge is 2.11. The summed E-state index contributed by atoms with van der Waals surface area (Å²) in [5, 5.41) is 0.903. The largest absolute Gasteiger partial charge is 0.487 e. The first-order chi connectivity index (χ1) is 16.7. The van der Waals surface area contributed by atoms with Crippen molar-refractivity contribution in [2.45, 2.75) is 20.1 Å². The molecule has 34 heavy (non-hydrogen) atoms. The van der Waals surface area contributed by atoms with Crippen molar-refractivity contribution in [3.63, 3.8) is 0 Å². The minimum atomic E-state index is 0.388. The first kappa shape index (κ1) is 21.5. The molecule has 0 spiro atoms. The first-order valence-corrected chi connectivity index (χ1v) is 11.1. The minimum Gasteiger partial charge on any atom is -0.487 e. The second-order valence-corrected chi connectivity index (χ2v) is 7.88. The average Bonchev–Trinajstić information content (AvgIpc) is 2.87. The second-order valence-electron chi connectivity index (χ2n) is 7.88. The number of ether oxygens (including phenoxy) is 3. The lowest BCUT2D eigenvalue weighted by Crippen LogP contribution is -2.01. The molecule has 5 aromatic rings. The van der Waals surface area contributed by atoms with Gasteiger partial charge in [0, 0.05) is 23.3 Å². The van der Waals surface area contributed by atoms with Crippen LogP contribution in [0.3, 0.4) is 0 Å². The SMILES string of the molecule is Cc1cc(OCc2ccccn2)c2cccc(OCc3cccc(Oc4ccccc4)c3)c2n1. The Morgan fingerprint density at radius 1 is 0.676 bits per heavy atom. The molecule has 0 saturated carbocycles. The minimum absolute atomic E-state index is 0.388. The molecule has 0 N–H and O–H groups in total. The number of rotatable bonds is 8. The fourth-order valence-corrected chi connectivity index (χ4v) is 3.67. The summed E-state index contributed by atoms with van der Waals surface area (Å²) >= 11 is 0. The third kappa shape index (κ3) is 5.15. The van der Waals surface area contributed by atoms with Gasteiger partial charge >= 0.3 is 0 Å². The number of para-hydroxylation sites is 2. The maximum absolute atomic E-state index is 6.20. The van der Waals surface area contributed by atoms with Crippen molar-refractivity contribution < 1.29 is 14.2 Å². The lowest BCUT2D eigenvalue weighted by molar-refractivity contribution is 0.302. The van der Waals surface area contributed by atoms with Crippen LogP contribution >= 0.6 is 0 Å². The maximum atomic E-state index is 6.20. The van der Waals surface area contributed by atoms with Gasteiger partial charge in [-0.2, -0.15) is 0 Å². The number of pyridine rings is 2. The van der Waals surface area contributed by atoms with Crippen LogP contribution in [0.5, 0.6) is 23.0 Å². The highest BCUT2D eigenvalue weighted by Crippen LogP contribution is 2.32. The molecule has 5 nitrogen and oxygen atoms in total. The summed E-state index contributed by atoms with van der Waals surface area (Å²) in [6, 6.07) is 31.2. The van der Waals surface area contributed by atoms with Gasteiger partial charge in [0.05, 0.1) is 5.69 Å². The molecule has 0 aliphatic carbocycles. The fourth-order valence-electron chi connectivity index (χ4n) is 3.67. The van der Waals surface area contributed by atoms with E-state index in [4.69, 9.17) is 19.2 Å². The van der Waals surface area contributed by atoms with Crippen molar-refractivity contribution >= 4 is 10.9 Å². The van der Waals surface area contributed by atoms with Crippen LogP contribution in [-0.2, 0) is 13.2 Å². The molecule has 0 amide bonds. The van der Waals surface area contributed by atoms with Gasteiger partial charge in [-0.15, -0.1) is 0 Å². The van der Waals surface area contributed by atoms with Crippen molar-refractivity contribution in [1.82, 2.24) is 9.97 Å². The fraction of sp³-hybridized carbons (Fsp3) is 0.103. The third-order valence-electron chi connectivity index (χ3n) is 5.27. The molecule has 168 valence electrons. The van der Waals surface area contributed by atoms with Crippen LogP contribution in [0.2, 0.25) is 0 Å². The van der Waals surface area contributed by atoms with Crippen molar-refractivity contribution in [3.05, 3.63) is 120 Å². The number of aryl methyl sites for hydroxylation is 1. The highest BCUT2D eigenvalue weighted by atomic mass is 16.5. The van der Waals surface area contributed by atoms with Gasteiger partial charge in [0.25, 0.3) is 0 Å². The molecule has 0 radical (unpaired) electrons. The van der Waals surface area contributed by atoms with E-state index in [1.165, 1.54) is 0 Å². The molecule has 2 heterocycles. The number of hydrogen-bond donors (Lipinski definition) is 0. The van der Waals surface area contributed by atoms with Gasteiger partial charge < -0.3 is 14.2 Å². The molecule has 5 heteroatoms. The number of nitrogens with zero attached hydrogens (tertiary/aromatic N) is 2. The predicted octanol–water partition coefficient (Wildman–Crippen LogP) is 6.89. The Labute approximate surface area is 198 Å². The van der Waals surface area contributed by atoms with Gasteiger partial charge in [-0.05, 0) is 61.0 Å². The zero-order valence-electron chi connectivity index (χ0n) is 18.8. The Morgan fingerprint density at radius 2 is 1.47 bits per heavy atom. The monoisotopic (exact) mass is 448 g/mol. The summed E-state index contributed by atoms with van der Waals surface area (Å²) < 4.78 is 18.2. The van der Waals surface area contributed by atoms with E-state index in [1.54, 1.807) is 6.20 Å². The summed E-state index contributed by atoms with van der Waals surface area (Å²) in [6.45, 7) is 2.73. The molecular formula is C29H24N2O3. The van der Waals surface area contributed by atoms with Gasteiger partial charge in [-0.3, -0.25) is 4.98 Å². The molecule has 0 aliphatic heterocycles. The number of fused-ring (bicyclic) bond motifs is 1. The average molecular weight is 449 g/mol. The summed E-state index contributed by atoms with van der Waals surface area (Å²) in [4.78, 5) is 9.07. The zero-order chi connectivity index (χ0) is 23.2. The third-order valence-corrected chi connectivity index (χ3v) is 5.27. The standard InChI is InChI=1S/C29H24N2O3/c1-21-17-28(33-20-23-10-5-6-16-30-23)26-14-8-15-27(29(26)31-21)32-19-22-9-7-13-25(18-22)34-24-11-3-2-4-12-24/h2-18H,19-20H2,1H3. The maximum Gasteiger partial charge on any atom is 0.146 e. The number of benzene rings is 3. The van der Waals surface area contributed by atoms with E-state index < -0.39 is 0 Å². The molecular weight excluding hydrogens is 424 g/mol. The van der Waals surface area contributed by atoms with Crippen LogP contribution in [0.25, 0.3) is 10.9 Å². The Morgan fingerprint density at radius 3 is 2.32 bits per heavy atom. The summed E-state index contributed by atoms with van der Waals surface area (Å²) in [5.74, 6) is 3.03. The Bertz CT molecular complexity index is 1390. The van der Waals surface area contributed by atoms with Crippen LogP contribution in [-0.4, -0.2) is 9.97 Å². The molecule has 0 aliphatic rings. The van der Waals surface area contributed by atoms with E-state index in [9.17, 15) is 0 Å². The molecule has 5 rings (SSSR count). The zero-order valence-corrected chi connectivity index (χ0v) is 18.8. The molecule has 0 unspecified atom stereocenters. The van der Waals surface area contributed by atoms with Crippen LogP contribution in [0.1, 0.15) is 17.0 Å². The van der Waals surface area contributed by atoms with E-state index in [0.717, 1.165) is 45.1 Å². The van der Waals surface area contributed by atoms with Crippen molar-refractivity contribution in [2.24, 2.45) is 0 Å². The molecule has 0 bridgehead atoms. The van der Waals surface area contributed by atoms with Crippen LogP contribution in [0, 0.1) is 6.92 Å². The lowest BCUT2D eigenvalue weighted by atomic mass is 10.1. The molecule has 0 atom stereocenters. The van der Waals surface area contributed by atoms with Crippen molar-refractivity contribution in [1.29, 1.82) is 0 Å². The van der Waals surface area contributed by atoms with Crippen LogP contribution in [0.4, 0.5) is 0 Å². The van der Waals surface area contributed by atoms with E-state index in [2.05, 4.69) is 4.98 Å². The molecule has 0 saturated heterocycles. The van der Waals surface area contributed by atoms with E-state index in [1.807, 2.05) is 104 Å². The van der Waals surface area contributed by atoms with Gasteiger partial charge in [-0.25, -0.2) is 4.98 Å². The molecule has 0 fully saturated rings. The summed E-state index contributed by atoms with van der Waals surface area (Å²) in [7, 11) is 0. The van der Waals surface area contributed by atoms with E-state index in [-0.39, 0.29) is 0 Å². The second kappa shape index (κ2) is 10.0. The molecule has 2 aromatic heterocycles. The highest BCUT2D eigenvalue weighted by molar-refractivity contribution is 5.90. The van der Waals surface area contributed by atoms with Gasteiger partial charge in [0.1, 0.15) is 41.7 Å².